The lowest BCUT2D eigenvalue weighted by Gasteiger charge is -2.29. The van der Waals surface area contributed by atoms with Crippen LogP contribution in [-0.4, -0.2) is 61.2 Å². The van der Waals surface area contributed by atoms with E-state index in [1.165, 1.54) is 0 Å². The van der Waals surface area contributed by atoms with Crippen molar-refractivity contribution in [2.75, 3.05) is 37.5 Å². The molecule has 1 aromatic heterocycles. The number of benzene rings is 2. The van der Waals surface area contributed by atoms with Crippen LogP contribution < -0.4 is 5.32 Å². The largest absolute Gasteiger partial charge is 0.378 e. The molecule has 0 unspecified atom stereocenters. The minimum absolute atomic E-state index is 0.279. The quantitative estimate of drug-likeness (QED) is 0.330. The highest BCUT2D eigenvalue weighted by atomic mass is 32.2. The zero-order valence-corrected chi connectivity index (χ0v) is 18.2. The number of hydrogen-bond donors (Lipinski definition) is 2. The van der Waals surface area contributed by atoms with E-state index < -0.39 is 16.0 Å². The topological polar surface area (TPSA) is 117 Å². The first kappa shape index (κ1) is 22.0. The van der Waals surface area contributed by atoms with Crippen LogP contribution in [-0.2, 0) is 21.3 Å². The fourth-order valence-corrected chi connectivity index (χ4v) is 3.64. The summed E-state index contributed by atoms with van der Waals surface area (Å²) >= 11 is 0. The van der Waals surface area contributed by atoms with Crippen molar-refractivity contribution in [1.82, 2.24) is 10.1 Å². The summed E-state index contributed by atoms with van der Waals surface area (Å²) in [6, 6.07) is 20.1. The van der Waals surface area contributed by atoms with Gasteiger partial charge < -0.3 is 14.2 Å². The highest BCUT2D eigenvalue weighted by Crippen LogP contribution is 2.21. The van der Waals surface area contributed by atoms with Gasteiger partial charge in [-0.1, -0.05) is 59.8 Å². The van der Waals surface area contributed by atoms with E-state index in [1.54, 1.807) is 6.07 Å². The highest BCUT2D eigenvalue weighted by Gasteiger charge is 2.18. The number of anilines is 1. The fraction of sp³-hybridized carbons (Fsp3) is 0.273. The summed E-state index contributed by atoms with van der Waals surface area (Å²) in [5.74, 6) is -0.135. The molecule has 2 N–H and O–H groups in total. The van der Waals surface area contributed by atoms with Crippen LogP contribution in [0, 0.1) is 0 Å². The molecule has 0 saturated carbocycles. The molecule has 3 aromatic rings. The van der Waals surface area contributed by atoms with E-state index in [9.17, 15) is 8.42 Å². The summed E-state index contributed by atoms with van der Waals surface area (Å²) in [5.41, 5.74) is 4.10. The fourth-order valence-electron chi connectivity index (χ4n) is 3.36. The minimum atomic E-state index is -4.24. The predicted octanol–water partition coefficient (Wildman–Crippen LogP) is 2.88. The molecule has 1 saturated heterocycles. The van der Waals surface area contributed by atoms with Crippen molar-refractivity contribution in [2.24, 2.45) is 4.99 Å². The summed E-state index contributed by atoms with van der Waals surface area (Å²) in [4.78, 5) is 5.83. The van der Waals surface area contributed by atoms with Gasteiger partial charge in [0.25, 0.3) is 10.1 Å². The van der Waals surface area contributed by atoms with Gasteiger partial charge in [-0.2, -0.15) is 8.42 Å². The predicted molar refractivity (Wildman–Crippen MR) is 121 cm³/mol. The monoisotopic (exact) mass is 456 g/mol. The Morgan fingerprint density at radius 3 is 2.44 bits per heavy atom. The van der Waals surface area contributed by atoms with E-state index >= 15 is 0 Å². The second kappa shape index (κ2) is 9.94. The maximum atomic E-state index is 11.1. The molecular formula is C22H24N4O5S. The Kier molecular flexibility index (Phi) is 6.84. The number of nitrogens with zero attached hydrogens (tertiary/aromatic N) is 3. The maximum Gasteiger partial charge on any atom is 0.285 e. The van der Waals surface area contributed by atoms with E-state index in [4.69, 9.17) is 13.8 Å². The van der Waals surface area contributed by atoms with Gasteiger partial charge in [0.15, 0.2) is 5.88 Å². The Morgan fingerprint density at radius 2 is 1.75 bits per heavy atom. The molecule has 4 rings (SSSR count). The highest BCUT2D eigenvalue weighted by molar-refractivity contribution is 7.85. The molecule has 168 valence electrons. The number of morpholine rings is 1. The molecule has 32 heavy (non-hydrogen) atoms. The van der Waals surface area contributed by atoms with E-state index in [-0.39, 0.29) is 5.96 Å². The molecule has 1 aliphatic rings. The third kappa shape index (κ3) is 6.16. The van der Waals surface area contributed by atoms with E-state index in [0.29, 0.717) is 38.6 Å². The van der Waals surface area contributed by atoms with Gasteiger partial charge in [-0.25, -0.2) is 4.99 Å². The van der Waals surface area contributed by atoms with Crippen LogP contribution in [0.3, 0.4) is 0 Å². The molecule has 9 nitrogen and oxygen atoms in total. The Bertz CT molecular complexity index is 1150. The molecule has 10 heteroatoms. The zero-order chi connectivity index (χ0) is 22.4. The summed E-state index contributed by atoms with van der Waals surface area (Å²) in [6.45, 7) is 2.05. The number of nitrogens with one attached hydrogen (secondary N) is 1. The van der Waals surface area contributed by atoms with Gasteiger partial charge in [0.1, 0.15) is 0 Å². The number of ether oxygens (including phenoxy) is 1. The molecule has 0 atom stereocenters. The average Bonchev–Trinajstić information content (AvgIpc) is 3.24. The molecule has 1 fully saturated rings. The first-order valence-corrected chi connectivity index (χ1v) is 11.8. The minimum Gasteiger partial charge on any atom is -0.378 e. The number of aliphatic imine (C=N–C) groups is 1. The molecule has 0 aliphatic carbocycles. The third-order valence-corrected chi connectivity index (χ3v) is 5.38. The number of guanidine groups is 1. The van der Waals surface area contributed by atoms with Crippen LogP contribution in [0.1, 0.15) is 11.3 Å². The van der Waals surface area contributed by atoms with Crippen molar-refractivity contribution in [3.8, 4) is 11.1 Å². The van der Waals surface area contributed by atoms with Crippen LogP contribution in [0.25, 0.3) is 11.1 Å². The summed E-state index contributed by atoms with van der Waals surface area (Å²) in [5, 5.41) is 7.07. The van der Waals surface area contributed by atoms with Crippen molar-refractivity contribution in [2.45, 2.75) is 6.42 Å². The maximum absolute atomic E-state index is 11.1. The smallest absolute Gasteiger partial charge is 0.285 e. The van der Waals surface area contributed by atoms with Crippen LogP contribution in [0.5, 0.6) is 0 Å². The second-order valence-corrected chi connectivity index (χ2v) is 8.76. The Hall–Kier alpha value is -3.21. The van der Waals surface area contributed by atoms with Gasteiger partial charge in [-0.3, -0.25) is 9.87 Å². The van der Waals surface area contributed by atoms with Gasteiger partial charge in [-0.05, 0) is 16.7 Å². The first-order valence-electron chi connectivity index (χ1n) is 10.2. The lowest BCUT2D eigenvalue weighted by molar-refractivity contribution is 0.0679. The molecule has 0 amide bonds. The Balaban J connectivity index is 1.43. The van der Waals surface area contributed by atoms with Crippen molar-refractivity contribution in [1.29, 1.82) is 0 Å². The molecule has 0 spiro atoms. The SMILES string of the molecule is O=S(=O)(O)CN=C(Nc1cc(Cc2ccc(-c3ccccc3)cc2)no1)N1CCOCC1. The van der Waals surface area contributed by atoms with Crippen LogP contribution in [0.2, 0.25) is 0 Å². The van der Waals surface area contributed by atoms with E-state index in [0.717, 1.165) is 22.4 Å². The standard InChI is InChI=1S/C22H24N4O5S/c27-32(28,29)16-23-22(26-10-12-30-13-11-26)24-21-15-20(25-31-21)14-17-6-8-19(9-7-17)18-4-2-1-3-5-18/h1-9,15H,10-14,16H2,(H,23,24)(H,27,28,29). The second-order valence-electron chi connectivity index (χ2n) is 7.34. The number of rotatable bonds is 6. The molecule has 0 radical (unpaired) electrons. The average molecular weight is 457 g/mol. The van der Waals surface area contributed by atoms with Crippen molar-refractivity contribution >= 4 is 22.0 Å². The first-order chi connectivity index (χ1) is 15.5. The lowest BCUT2D eigenvalue weighted by Crippen LogP contribution is -2.44. The summed E-state index contributed by atoms with van der Waals surface area (Å²) < 4.78 is 42.0. The summed E-state index contributed by atoms with van der Waals surface area (Å²) in [7, 11) is -4.24. The lowest BCUT2D eigenvalue weighted by atomic mass is 10.0. The van der Waals surface area contributed by atoms with Crippen LogP contribution >= 0.6 is 0 Å². The van der Waals surface area contributed by atoms with Gasteiger partial charge in [0.05, 0.1) is 18.9 Å². The Morgan fingerprint density at radius 1 is 1.06 bits per heavy atom. The van der Waals surface area contributed by atoms with Gasteiger partial charge in [0.2, 0.25) is 11.8 Å². The van der Waals surface area contributed by atoms with Crippen LogP contribution in [0.4, 0.5) is 5.88 Å². The van der Waals surface area contributed by atoms with Gasteiger partial charge in [0, 0.05) is 25.6 Å². The molecule has 0 bridgehead atoms. The number of hydrogen-bond acceptors (Lipinski definition) is 6. The third-order valence-electron chi connectivity index (χ3n) is 4.93. The van der Waals surface area contributed by atoms with Gasteiger partial charge >= 0.3 is 0 Å². The zero-order valence-electron chi connectivity index (χ0n) is 17.3. The van der Waals surface area contributed by atoms with Gasteiger partial charge in [-0.15, -0.1) is 0 Å². The Labute approximate surface area is 186 Å². The van der Waals surface area contributed by atoms with Crippen molar-refractivity contribution in [3.63, 3.8) is 0 Å². The normalized spacial score (nSPS) is 15.0. The number of aromatic nitrogens is 1. The van der Waals surface area contributed by atoms with E-state index in [1.807, 2.05) is 23.1 Å². The molecule has 2 heterocycles. The van der Waals surface area contributed by atoms with Crippen molar-refractivity contribution < 1.29 is 22.2 Å². The van der Waals surface area contributed by atoms with Crippen LogP contribution in [0.15, 0.2) is 70.2 Å². The van der Waals surface area contributed by atoms with E-state index in [2.05, 4.69) is 51.9 Å². The molecule has 2 aromatic carbocycles. The summed E-state index contributed by atoms with van der Waals surface area (Å²) in [6.07, 6.45) is 0.579. The van der Waals surface area contributed by atoms with Crippen molar-refractivity contribution in [3.05, 3.63) is 71.9 Å². The molecule has 1 aliphatic heterocycles. The molecular weight excluding hydrogens is 432 g/mol.